The van der Waals surface area contributed by atoms with Crippen LogP contribution in [-0.4, -0.2) is 27.0 Å². The van der Waals surface area contributed by atoms with E-state index in [1.54, 1.807) is 6.20 Å². The lowest BCUT2D eigenvalue weighted by molar-refractivity contribution is 0.0954. The molecule has 7 heteroatoms. The number of hydrogen-bond acceptors (Lipinski definition) is 4. The summed E-state index contributed by atoms with van der Waals surface area (Å²) in [6, 6.07) is 1.07. The lowest BCUT2D eigenvalue weighted by Gasteiger charge is -2.07. The summed E-state index contributed by atoms with van der Waals surface area (Å²) >= 11 is 0. The molecule has 0 saturated heterocycles. The van der Waals surface area contributed by atoms with E-state index in [0.29, 0.717) is 13.0 Å². The summed E-state index contributed by atoms with van der Waals surface area (Å²) in [4.78, 5) is 19.5. The van der Waals surface area contributed by atoms with Crippen LogP contribution >= 0.6 is 0 Å². The predicted molar refractivity (Wildman–Crippen MR) is 67.9 cm³/mol. The first kappa shape index (κ1) is 13.0. The van der Waals surface area contributed by atoms with Crippen molar-refractivity contribution in [2.45, 2.75) is 6.42 Å². The zero-order chi connectivity index (χ0) is 13.8. The normalized spacial score (nSPS) is 10.4. The second-order valence-electron chi connectivity index (χ2n) is 4.05. The van der Waals surface area contributed by atoms with Gasteiger partial charge in [0.25, 0.3) is 5.91 Å². The molecule has 0 saturated carbocycles. The number of aryl methyl sites for hydroxylation is 1. The van der Waals surface area contributed by atoms with E-state index >= 15 is 0 Å². The van der Waals surface area contributed by atoms with Gasteiger partial charge in [0.05, 0.1) is 11.8 Å². The second kappa shape index (κ2) is 5.47. The van der Waals surface area contributed by atoms with Crippen LogP contribution in [0.5, 0.6) is 0 Å². The Hall–Kier alpha value is -2.44. The van der Waals surface area contributed by atoms with E-state index in [9.17, 15) is 9.18 Å². The van der Waals surface area contributed by atoms with Gasteiger partial charge in [0.1, 0.15) is 17.5 Å². The molecule has 2 heterocycles. The molecule has 0 unspecified atom stereocenters. The molecule has 2 rings (SSSR count). The number of halogens is 1. The summed E-state index contributed by atoms with van der Waals surface area (Å²) in [5, 5.41) is 2.65. The van der Waals surface area contributed by atoms with Gasteiger partial charge >= 0.3 is 0 Å². The maximum atomic E-state index is 13.0. The van der Waals surface area contributed by atoms with Crippen LogP contribution in [0.1, 0.15) is 16.2 Å². The van der Waals surface area contributed by atoms with Gasteiger partial charge in [-0.3, -0.25) is 4.79 Å². The summed E-state index contributed by atoms with van der Waals surface area (Å²) in [6.07, 6.45) is 5.06. The van der Waals surface area contributed by atoms with Crippen molar-refractivity contribution in [2.75, 3.05) is 12.3 Å². The Labute approximate surface area is 109 Å². The molecule has 100 valence electrons. The van der Waals surface area contributed by atoms with Crippen molar-refractivity contribution in [3.8, 4) is 0 Å². The SMILES string of the molecule is Cn1ccnc1CCNC(=O)c1cc(F)cnc1N. The van der Waals surface area contributed by atoms with Crippen molar-refractivity contribution in [3.63, 3.8) is 0 Å². The topological polar surface area (TPSA) is 85.8 Å². The Morgan fingerprint density at radius 1 is 1.53 bits per heavy atom. The van der Waals surface area contributed by atoms with Gasteiger partial charge in [-0.1, -0.05) is 0 Å². The summed E-state index contributed by atoms with van der Waals surface area (Å²) in [7, 11) is 1.87. The van der Waals surface area contributed by atoms with Gasteiger partial charge < -0.3 is 15.6 Å². The molecule has 2 aromatic heterocycles. The van der Waals surface area contributed by atoms with Crippen LogP contribution in [0.2, 0.25) is 0 Å². The van der Waals surface area contributed by atoms with Crippen molar-refractivity contribution in [1.82, 2.24) is 19.9 Å². The Bertz CT molecular complexity index is 596. The van der Waals surface area contributed by atoms with Crippen LogP contribution in [0.15, 0.2) is 24.7 Å². The summed E-state index contributed by atoms with van der Waals surface area (Å²) in [5.74, 6) is -0.177. The highest BCUT2D eigenvalue weighted by Gasteiger charge is 2.11. The molecule has 0 bridgehead atoms. The van der Waals surface area contributed by atoms with Crippen LogP contribution in [-0.2, 0) is 13.5 Å². The van der Waals surface area contributed by atoms with Crippen LogP contribution in [0.25, 0.3) is 0 Å². The van der Waals surface area contributed by atoms with Crippen LogP contribution in [0.3, 0.4) is 0 Å². The maximum Gasteiger partial charge on any atom is 0.255 e. The number of rotatable bonds is 4. The zero-order valence-electron chi connectivity index (χ0n) is 10.4. The fourth-order valence-corrected chi connectivity index (χ4v) is 1.65. The van der Waals surface area contributed by atoms with Crippen LogP contribution < -0.4 is 11.1 Å². The number of hydrogen-bond donors (Lipinski definition) is 2. The van der Waals surface area contributed by atoms with Crippen LogP contribution in [0.4, 0.5) is 10.2 Å². The van der Waals surface area contributed by atoms with Gasteiger partial charge in [0.2, 0.25) is 0 Å². The number of nitrogens with one attached hydrogen (secondary N) is 1. The molecule has 0 aromatic carbocycles. The standard InChI is InChI=1S/C12H14FN5O/c1-18-5-4-15-10(18)2-3-16-12(19)9-6-8(13)7-17-11(9)14/h4-7H,2-3H2,1H3,(H2,14,17)(H,16,19). The zero-order valence-corrected chi connectivity index (χ0v) is 10.4. The summed E-state index contributed by atoms with van der Waals surface area (Å²) < 4.78 is 14.9. The van der Waals surface area contributed by atoms with Gasteiger partial charge in [-0.05, 0) is 6.07 Å². The van der Waals surface area contributed by atoms with Crippen molar-refractivity contribution >= 4 is 11.7 Å². The molecule has 1 amide bonds. The van der Waals surface area contributed by atoms with Crippen molar-refractivity contribution in [1.29, 1.82) is 0 Å². The van der Waals surface area contributed by atoms with E-state index in [1.807, 2.05) is 17.8 Å². The molecule has 0 atom stereocenters. The predicted octanol–water partition coefficient (Wildman–Crippen LogP) is 0.509. The fraction of sp³-hybridized carbons (Fsp3) is 0.250. The molecule has 2 aromatic rings. The number of nitrogens with zero attached hydrogens (tertiary/aromatic N) is 3. The quantitative estimate of drug-likeness (QED) is 0.841. The van der Waals surface area contributed by atoms with Gasteiger partial charge in [0.15, 0.2) is 0 Å². The first-order chi connectivity index (χ1) is 9.08. The van der Waals surface area contributed by atoms with Gasteiger partial charge in [-0.2, -0.15) is 0 Å². The summed E-state index contributed by atoms with van der Waals surface area (Å²) in [6.45, 7) is 0.389. The van der Waals surface area contributed by atoms with E-state index in [0.717, 1.165) is 18.1 Å². The third kappa shape index (κ3) is 3.06. The first-order valence-corrected chi connectivity index (χ1v) is 5.73. The number of anilines is 1. The fourth-order valence-electron chi connectivity index (χ4n) is 1.65. The van der Waals surface area contributed by atoms with Gasteiger partial charge in [0, 0.05) is 32.4 Å². The maximum absolute atomic E-state index is 13.0. The number of carbonyl (C=O) groups is 1. The average Bonchev–Trinajstić information content (AvgIpc) is 2.78. The van der Waals surface area contributed by atoms with Crippen molar-refractivity contribution < 1.29 is 9.18 Å². The number of aromatic nitrogens is 3. The van der Waals surface area contributed by atoms with E-state index in [-0.39, 0.29) is 11.4 Å². The molecule has 0 aliphatic rings. The molecule has 3 N–H and O–H groups in total. The van der Waals surface area contributed by atoms with Crippen molar-refractivity contribution in [2.24, 2.45) is 7.05 Å². The Balaban J connectivity index is 1.94. The monoisotopic (exact) mass is 263 g/mol. The molecule has 0 spiro atoms. The van der Waals surface area contributed by atoms with Gasteiger partial charge in [-0.25, -0.2) is 14.4 Å². The number of amides is 1. The van der Waals surface area contributed by atoms with E-state index in [2.05, 4.69) is 15.3 Å². The second-order valence-corrected chi connectivity index (χ2v) is 4.05. The minimum absolute atomic E-state index is 0.0101. The molecule has 6 nitrogen and oxygen atoms in total. The Kier molecular flexibility index (Phi) is 3.74. The van der Waals surface area contributed by atoms with Gasteiger partial charge in [-0.15, -0.1) is 0 Å². The third-order valence-corrected chi connectivity index (χ3v) is 2.68. The Morgan fingerprint density at radius 2 is 2.32 bits per heavy atom. The molecule has 19 heavy (non-hydrogen) atoms. The minimum Gasteiger partial charge on any atom is -0.383 e. The molecule has 0 aliphatic heterocycles. The number of pyridine rings is 1. The molecular weight excluding hydrogens is 249 g/mol. The molecule has 0 fully saturated rings. The van der Waals surface area contributed by atoms with Crippen LogP contribution in [0, 0.1) is 5.82 Å². The number of imidazole rings is 1. The number of carbonyl (C=O) groups excluding carboxylic acids is 1. The molecule has 0 aliphatic carbocycles. The van der Waals surface area contributed by atoms with E-state index < -0.39 is 11.7 Å². The molecule has 0 radical (unpaired) electrons. The first-order valence-electron chi connectivity index (χ1n) is 5.73. The number of nitrogen functional groups attached to an aromatic ring is 1. The highest BCUT2D eigenvalue weighted by atomic mass is 19.1. The van der Waals surface area contributed by atoms with Crippen molar-refractivity contribution in [3.05, 3.63) is 41.9 Å². The smallest absolute Gasteiger partial charge is 0.255 e. The lowest BCUT2D eigenvalue weighted by atomic mass is 10.2. The molecular formula is C12H14FN5O. The minimum atomic E-state index is -0.594. The lowest BCUT2D eigenvalue weighted by Crippen LogP contribution is -2.27. The highest BCUT2D eigenvalue weighted by Crippen LogP contribution is 2.09. The summed E-state index contributed by atoms with van der Waals surface area (Å²) in [5.41, 5.74) is 5.57. The van der Waals surface area contributed by atoms with E-state index in [1.165, 1.54) is 0 Å². The largest absolute Gasteiger partial charge is 0.383 e. The Morgan fingerprint density at radius 3 is 3.00 bits per heavy atom. The van der Waals surface area contributed by atoms with E-state index in [4.69, 9.17) is 5.73 Å². The third-order valence-electron chi connectivity index (χ3n) is 2.68. The number of nitrogens with two attached hydrogens (primary N) is 1. The average molecular weight is 263 g/mol. The highest BCUT2D eigenvalue weighted by molar-refractivity contribution is 5.98.